The smallest absolute Gasteiger partial charge is 0.335 e. The number of carbonyl (C=O) groups excluding carboxylic acids is 1. The summed E-state index contributed by atoms with van der Waals surface area (Å²) in [5.74, 6) is -1.41. The third-order valence-corrected chi connectivity index (χ3v) is 5.70. The van der Waals surface area contributed by atoms with Gasteiger partial charge in [0.15, 0.2) is 0 Å². The van der Waals surface area contributed by atoms with Gasteiger partial charge in [-0.25, -0.2) is 4.79 Å². The number of amides is 1. The van der Waals surface area contributed by atoms with E-state index in [0.717, 1.165) is 10.9 Å². The van der Waals surface area contributed by atoms with Crippen molar-refractivity contribution in [2.45, 2.75) is 19.9 Å². The molecule has 150 valence electrons. The Morgan fingerprint density at radius 1 is 1.03 bits per heavy atom. The number of aryl methyl sites for hydroxylation is 2. The number of benzene rings is 3. The summed E-state index contributed by atoms with van der Waals surface area (Å²) in [5, 5.41) is 24.1. The fourth-order valence-corrected chi connectivity index (χ4v) is 3.72. The van der Waals surface area contributed by atoms with Gasteiger partial charge in [-0.2, -0.15) is 0 Å². The molecule has 0 aliphatic rings. The lowest BCUT2D eigenvalue weighted by Gasteiger charge is -2.20. The van der Waals surface area contributed by atoms with Crippen LogP contribution in [0.25, 0.3) is 10.8 Å². The number of aromatic carboxylic acids is 1. The minimum Gasteiger partial charge on any atom is -0.478 e. The molecule has 0 fully saturated rings. The molecule has 3 rings (SSSR count). The van der Waals surface area contributed by atoms with Crippen LogP contribution in [0.2, 0.25) is 10.0 Å². The summed E-state index contributed by atoms with van der Waals surface area (Å²) in [4.78, 5) is 24.1. The van der Waals surface area contributed by atoms with E-state index in [-0.39, 0.29) is 18.1 Å². The van der Waals surface area contributed by atoms with Crippen LogP contribution in [0.1, 0.15) is 43.4 Å². The number of aliphatic hydroxyl groups excluding tert-OH is 1. The van der Waals surface area contributed by atoms with Crippen molar-refractivity contribution in [2.75, 3.05) is 6.61 Å². The van der Waals surface area contributed by atoms with Crippen molar-refractivity contribution in [1.82, 2.24) is 5.32 Å². The lowest BCUT2D eigenvalue weighted by atomic mass is 9.97. The van der Waals surface area contributed by atoms with Gasteiger partial charge in [0.05, 0.1) is 28.3 Å². The fraction of sp³-hybridized carbons (Fsp3) is 0.182. The van der Waals surface area contributed by atoms with Crippen molar-refractivity contribution in [2.24, 2.45) is 0 Å². The number of carbonyl (C=O) groups is 2. The van der Waals surface area contributed by atoms with Crippen LogP contribution in [0, 0.1) is 13.8 Å². The van der Waals surface area contributed by atoms with Crippen LogP contribution in [-0.4, -0.2) is 28.7 Å². The average molecular weight is 432 g/mol. The Balaban J connectivity index is 1.95. The van der Waals surface area contributed by atoms with Gasteiger partial charge in [0.1, 0.15) is 0 Å². The van der Waals surface area contributed by atoms with Crippen LogP contribution in [0.4, 0.5) is 0 Å². The maximum absolute atomic E-state index is 12.9. The van der Waals surface area contributed by atoms with Crippen LogP contribution in [0.3, 0.4) is 0 Å². The Morgan fingerprint density at radius 3 is 2.38 bits per heavy atom. The third-order valence-electron chi connectivity index (χ3n) is 4.88. The van der Waals surface area contributed by atoms with Gasteiger partial charge < -0.3 is 15.5 Å². The van der Waals surface area contributed by atoms with Gasteiger partial charge >= 0.3 is 5.97 Å². The van der Waals surface area contributed by atoms with E-state index in [1.165, 1.54) is 12.1 Å². The zero-order valence-electron chi connectivity index (χ0n) is 15.8. The number of halogens is 2. The van der Waals surface area contributed by atoms with Crippen molar-refractivity contribution < 1.29 is 19.8 Å². The first-order valence-corrected chi connectivity index (χ1v) is 9.62. The first kappa shape index (κ1) is 21.1. The summed E-state index contributed by atoms with van der Waals surface area (Å²) < 4.78 is 0. The number of fused-ring (bicyclic) bond motifs is 1. The van der Waals surface area contributed by atoms with Crippen molar-refractivity contribution in [1.29, 1.82) is 0 Å². The van der Waals surface area contributed by atoms with Crippen molar-refractivity contribution in [3.8, 4) is 0 Å². The van der Waals surface area contributed by atoms with Crippen molar-refractivity contribution in [3.63, 3.8) is 0 Å². The summed E-state index contributed by atoms with van der Waals surface area (Å²) >= 11 is 12.4. The summed E-state index contributed by atoms with van der Waals surface area (Å²) in [6, 6.07) is 11.0. The number of nitrogens with one attached hydrogen (secondary N) is 1. The Kier molecular flexibility index (Phi) is 6.13. The van der Waals surface area contributed by atoms with Gasteiger partial charge in [0.25, 0.3) is 5.91 Å². The molecule has 3 aromatic rings. The number of hydrogen-bond acceptors (Lipinski definition) is 3. The molecule has 0 radical (unpaired) electrons. The number of carboxylic acid groups (broad SMARTS) is 1. The second kappa shape index (κ2) is 8.41. The van der Waals surface area contributed by atoms with Gasteiger partial charge in [-0.1, -0.05) is 41.4 Å². The lowest BCUT2D eigenvalue weighted by molar-refractivity contribution is 0.0696. The zero-order chi connectivity index (χ0) is 21.3. The summed E-state index contributed by atoms with van der Waals surface area (Å²) in [6.07, 6.45) is 0. The van der Waals surface area contributed by atoms with Gasteiger partial charge in [0.2, 0.25) is 0 Å². The van der Waals surface area contributed by atoms with Crippen LogP contribution >= 0.6 is 23.2 Å². The van der Waals surface area contributed by atoms with Gasteiger partial charge in [0, 0.05) is 10.9 Å². The van der Waals surface area contributed by atoms with Gasteiger partial charge in [-0.15, -0.1) is 0 Å². The molecule has 1 amide bonds. The predicted molar refractivity (Wildman–Crippen MR) is 114 cm³/mol. The largest absolute Gasteiger partial charge is 0.478 e. The Morgan fingerprint density at radius 2 is 1.76 bits per heavy atom. The monoisotopic (exact) mass is 431 g/mol. The summed E-state index contributed by atoms with van der Waals surface area (Å²) in [7, 11) is 0. The molecule has 0 heterocycles. The van der Waals surface area contributed by atoms with E-state index < -0.39 is 12.0 Å². The molecule has 3 aromatic carbocycles. The second-order valence-corrected chi connectivity index (χ2v) is 7.62. The third kappa shape index (κ3) is 4.22. The fourth-order valence-electron chi connectivity index (χ4n) is 3.33. The van der Waals surface area contributed by atoms with Crippen LogP contribution in [0.15, 0.2) is 42.5 Å². The molecular formula is C22H19Cl2NO4. The number of carboxylic acids is 1. The van der Waals surface area contributed by atoms with E-state index in [1.54, 1.807) is 25.1 Å². The average Bonchev–Trinajstić information content (AvgIpc) is 2.68. The van der Waals surface area contributed by atoms with Crippen molar-refractivity contribution >= 4 is 45.9 Å². The molecule has 0 saturated carbocycles. The Hall–Kier alpha value is -2.60. The molecule has 0 saturated heterocycles. The molecule has 0 unspecified atom stereocenters. The zero-order valence-corrected chi connectivity index (χ0v) is 17.3. The molecule has 7 heteroatoms. The van der Waals surface area contributed by atoms with Crippen LogP contribution in [0.5, 0.6) is 0 Å². The maximum atomic E-state index is 12.9. The Labute approximate surface area is 177 Å². The molecule has 1 atom stereocenters. The van der Waals surface area contributed by atoms with E-state index in [1.807, 2.05) is 19.1 Å². The minimum atomic E-state index is -1.04. The summed E-state index contributed by atoms with van der Waals surface area (Å²) in [5.41, 5.74) is 2.62. The number of rotatable bonds is 5. The highest BCUT2D eigenvalue weighted by atomic mass is 35.5. The highest BCUT2D eigenvalue weighted by Crippen LogP contribution is 2.32. The van der Waals surface area contributed by atoms with Crippen LogP contribution < -0.4 is 5.32 Å². The van der Waals surface area contributed by atoms with E-state index in [9.17, 15) is 14.7 Å². The van der Waals surface area contributed by atoms with E-state index in [4.69, 9.17) is 28.3 Å². The molecule has 0 aromatic heterocycles. The SMILES string of the molecule is Cc1cc2ccc(Cl)c(Cl)c2cc1C(=O)N[C@H](CO)c1ccc(C(=O)O)cc1C. The molecule has 0 aliphatic heterocycles. The van der Waals surface area contributed by atoms with Gasteiger partial charge in [-0.3, -0.25) is 4.79 Å². The minimum absolute atomic E-state index is 0.145. The molecule has 29 heavy (non-hydrogen) atoms. The molecular weight excluding hydrogens is 413 g/mol. The predicted octanol–water partition coefficient (Wildman–Crippen LogP) is 4.93. The van der Waals surface area contributed by atoms with Gasteiger partial charge in [-0.05, 0) is 60.2 Å². The van der Waals surface area contributed by atoms with E-state index in [0.29, 0.717) is 32.1 Å². The highest BCUT2D eigenvalue weighted by molar-refractivity contribution is 6.45. The van der Waals surface area contributed by atoms with Crippen molar-refractivity contribution in [3.05, 3.63) is 80.3 Å². The molecule has 0 aliphatic carbocycles. The highest BCUT2D eigenvalue weighted by Gasteiger charge is 2.20. The van der Waals surface area contributed by atoms with E-state index in [2.05, 4.69) is 5.32 Å². The maximum Gasteiger partial charge on any atom is 0.335 e. The topological polar surface area (TPSA) is 86.6 Å². The number of aliphatic hydroxyl groups is 1. The Bertz CT molecular complexity index is 1130. The van der Waals surface area contributed by atoms with E-state index >= 15 is 0 Å². The molecule has 3 N–H and O–H groups in total. The molecule has 0 spiro atoms. The normalized spacial score (nSPS) is 12.0. The second-order valence-electron chi connectivity index (χ2n) is 6.83. The number of hydrogen-bond donors (Lipinski definition) is 3. The first-order valence-electron chi connectivity index (χ1n) is 8.87. The lowest BCUT2D eigenvalue weighted by Crippen LogP contribution is -2.31. The quantitative estimate of drug-likeness (QED) is 0.534. The standard InChI is InChI=1S/C22H19Cl2NO4/c1-11-8-14(22(28)29)3-5-15(11)19(10-26)25-21(27)16-9-17-13(7-12(16)2)4-6-18(23)20(17)24/h3-9,19,26H,10H2,1-2H3,(H,25,27)(H,28,29)/t19-/m1/s1. The molecule has 0 bridgehead atoms. The molecule has 5 nitrogen and oxygen atoms in total. The first-order chi connectivity index (χ1) is 13.7. The van der Waals surface area contributed by atoms with Crippen LogP contribution in [-0.2, 0) is 0 Å². The summed E-state index contributed by atoms with van der Waals surface area (Å²) in [6.45, 7) is 3.22.